The van der Waals surface area contributed by atoms with Crippen molar-refractivity contribution in [2.45, 2.75) is 38.3 Å². The van der Waals surface area contributed by atoms with Crippen LogP contribution in [0.4, 0.5) is 24.7 Å². The number of nitrogens with one attached hydrogen (secondary N) is 1. The Hall–Kier alpha value is -3.14. The summed E-state index contributed by atoms with van der Waals surface area (Å²) in [6.45, 7) is 1.20. The van der Waals surface area contributed by atoms with Crippen molar-refractivity contribution in [1.82, 2.24) is 9.97 Å². The first-order valence-corrected chi connectivity index (χ1v) is 10.8. The molecule has 0 atom stereocenters. The van der Waals surface area contributed by atoms with Gasteiger partial charge in [0.15, 0.2) is 23.9 Å². The zero-order chi connectivity index (χ0) is 23.4. The first-order chi connectivity index (χ1) is 15.9. The average molecular weight is 463 g/mol. The van der Waals surface area contributed by atoms with Gasteiger partial charge in [-0.2, -0.15) is 13.2 Å². The van der Waals surface area contributed by atoms with Crippen LogP contribution in [0.15, 0.2) is 30.5 Å². The fraction of sp³-hybridized carbons (Fsp3) is 0.435. The van der Waals surface area contributed by atoms with E-state index in [-0.39, 0.29) is 35.5 Å². The Balaban J connectivity index is 1.72. The van der Waals surface area contributed by atoms with Gasteiger partial charge in [0.2, 0.25) is 0 Å². The molecule has 1 aliphatic carbocycles. The number of alkyl halides is 3. The number of para-hydroxylation sites is 1. The summed E-state index contributed by atoms with van der Waals surface area (Å²) in [5.74, 6) is -0.288. The quantitative estimate of drug-likeness (QED) is 0.551. The molecule has 0 radical (unpaired) electrons. The van der Waals surface area contributed by atoms with Crippen LogP contribution in [0.5, 0.6) is 5.75 Å². The van der Waals surface area contributed by atoms with Crippen LogP contribution in [0.25, 0.3) is 5.57 Å². The van der Waals surface area contributed by atoms with Crippen LogP contribution >= 0.6 is 0 Å². The van der Waals surface area contributed by atoms with Crippen molar-refractivity contribution >= 4 is 23.0 Å². The molecular formula is C23H24F3N3O4. The lowest BCUT2D eigenvalue weighted by Gasteiger charge is -2.21. The van der Waals surface area contributed by atoms with E-state index in [4.69, 9.17) is 14.2 Å². The number of aromatic nitrogens is 2. The molecular weight excluding hydrogens is 439 g/mol. The lowest BCUT2D eigenvalue weighted by Crippen LogP contribution is -2.20. The summed E-state index contributed by atoms with van der Waals surface area (Å²) < 4.78 is 54.7. The van der Waals surface area contributed by atoms with E-state index < -0.39 is 18.8 Å². The molecule has 2 aromatic rings. The molecule has 7 nitrogen and oxygen atoms in total. The monoisotopic (exact) mass is 463 g/mol. The van der Waals surface area contributed by atoms with Crippen molar-refractivity contribution in [1.29, 1.82) is 0 Å². The Morgan fingerprint density at radius 2 is 2.12 bits per heavy atom. The van der Waals surface area contributed by atoms with Crippen LogP contribution in [0.3, 0.4) is 0 Å². The SMILES string of the molecule is CCOC(=O)c1nc(C2CC2)cnc1Nc1cccc(C2=CCOCC2)c1OCC(F)(F)F. The minimum atomic E-state index is -4.52. The molecule has 1 saturated carbocycles. The van der Waals surface area contributed by atoms with Gasteiger partial charge in [-0.15, -0.1) is 0 Å². The van der Waals surface area contributed by atoms with Crippen LogP contribution in [-0.2, 0) is 9.47 Å². The van der Waals surface area contributed by atoms with E-state index >= 15 is 0 Å². The summed E-state index contributed by atoms with van der Waals surface area (Å²) in [6.07, 6.45) is 1.35. The number of carbonyl (C=O) groups excluding carboxylic acids is 1. The lowest BCUT2D eigenvalue weighted by atomic mass is 9.99. The molecule has 1 N–H and O–H groups in total. The molecule has 4 rings (SSSR count). The summed E-state index contributed by atoms with van der Waals surface area (Å²) in [5, 5.41) is 2.96. The van der Waals surface area contributed by atoms with Gasteiger partial charge in [-0.1, -0.05) is 18.2 Å². The highest BCUT2D eigenvalue weighted by Gasteiger charge is 2.31. The first-order valence-electron chi connectivity index (χ1n) is 10.8. The fourth-order valence-corrected chi connectivity index (χ4v) is 3.51. The van der Waals surface area contributed by atoms with Gasteiger partial charge in [-0.3, -0.25) is 0 Å². The van der Waals surface area contributed by atoms with Gasteiger partial charge in [0, 0.05) is 11.5 Å². The van der Waals surface area contributed by atoms with Gasteiger partial charge < -0.3 is 19.5 Å². The maximum Gasteiger partial charge on any atom is 0.422 e. The van der Waals surface area contributed by atoms with Crippen LogP contribution < -0.4 is 10.1 Å². The highest BCUT2D eigenvalue weighted by atomic mass is 19.4. The highest BCUT2D eigenvalue weighted by Crippen LogP contribution is 2.41. The van der Waals surface area contributed by atoms with Gasteiger partial charge in [0.05, 0.1) is 37.4 Å². The Labute approximate surface area is 189 Å². The van der Waals surface area contributed by atoms with Crippen molar-refractivity contribution in [3.05, 3.63) is 47.4 Å². The molecule has 0 unspecified atom stereocenters. The van der Waals surface area contributed by atoms with Crippen LogP contribution in [0.2, 0.25) is 0 Å². The zero-order valence-corrected chi connectivity index (χ0v) is 18.1. The highest BCUT2D eigenvalue weighted by molar-refractivity contribution is 5.94. The van der Waals surface area contributed by atoms with Crippen molar-refractivity contribution in [2.75, 3.05) is 31.7 Å². The van der Waals surface area contributed by atoms with E-state index in [1.54, 1.807) is 31.3 Å². The predicted molar refractivity (Wildman–Crippen MR) is 115 cm³/mol. The van der Waals surface area contributed by atoms with E-state index in [1.165, 1.54) is 0 Å². The van der Waals surface area contributed by atoms with Gasteiger partial charge in [0.25, 0.3) is 0 Å². The van der Waals surface area contributed by atoms with Gasteiger partial charge >= 0.3 is 12.1 Å². The minimum absolute atomic E-state index is 0.0151. The lowest BCUT2D eigenvalue weighted by molar-refractivity contribution is -0.153. The molecule has 10 heteroatoms. The third kappa shape index (κ3) is 5.81. The number of hydrogen-bond acceptors (Lipinski definition) is 7. The standard InChI is InChI=1S/C23H24F3N3O4/c1-2-32-22(30)19-21(27-12-18(28-19)15-6-7-15)29-17-5-3-4-16(14-8-10-31-11-9-14)20(17)33-13-23(24,25)26/h3-5,8,12,15H,2,6-7,9-11,13H2,1H3,(H,27,29). The zero-order valence-electron chi connectivity index (χ0n) is 18.1. The van der Waals surface area contributed by atoms with Crippen molar-refractivity contribution in [3.8, 4) is 5.75 Å². The number of benzene rings is 1. The van der Waals surface area contributed by atoms with E-state index in [1.807, 2.05) is 6.08 Å². The molecule has 2 heterocycles. The molecule has 0 bridgehead atoms. The number of anilines is 2. The van der Waals surface area contributed by atoms with Gasteiger partial charge in [0.1, 0.15) is 0 Å². The summed E-state index contributed by atoms with van der Waals surface area (Å²) in [4.78, 5) is 21.3. The molecule has 2 aliphatic rings. The molecule has 1 aromatic carbocycles. The summed E-state index contributed by atoms with van der Waals surface area (Å²) in [5.41, 5.74) is 2.26. The summed E-state index contributed by atoms with van der Waals surface area (Å²) in [7, 11) is 0. The van der Waals surface area contributed by atoms with E-state index in [9.17, 15) is 18.0 Å². The third-order valence-corrected chi connectivity index (χ3v) is 5.21. The maximum atomic E-state index is 13.0. The Morgan fingerprint density at radius 3 is 2.79 bits per heavy atom. The molecule has 0 amide bonds. The first kappa shape index (κ1) is 23.0. The number of ether oxygens (including phenoxy) is 3. The van der Waals surface area contributed by atoms with Crippen LogP contribution in [0, 0.1) is 0 Å². The topological polar surface area (TPSA) is 82.6 Å². The minimum Gasteiger partial charge on any atom is -0.481 e. The number of hydrogen-bond donors (Lipinski definition) is 1. The normalized spacial score (nSPS) is 16.2. The molecule has 176 valence electrons. The number of carbonyl (C=O) groups is 1. The van der Waals surface area contributed by atoms with Gasteiger partial charge in [-0.05, 0) is 37.8 Å². The average Bonchev–Trinajstić information content (AvgIpc) is 3.64. The van der Waals surface area contributed by atoms with Crippen molar-refractivity contribution in [2.24, 2.45) is 0 Å². The Morgan fingerprint density at radius 1 is 1.30 bits per heavy atom. The second kappa shape index (κ2) is 9.78. The van der Waals surface area contributed by atoms with E-state index in [2.05, 4.69) is 15.3 Å². The molecule has 0 saturated heterocycles. The molecule has 1 aliphatic heterocycles. The number of rotatable bonds is 8. The second-order valence-electron chi connectivity index (χ2n) is 7.75. The van der Waals surface area contributed by atoms with Crippen LogP contribution in [-0.4, -0.2) is 48.5 Å². The van der Waals surface area contributed by atoms with E-state index in [0.29, 0.717) is 30.9 Å². The maximum absolute atomic E-state index is 13.0. The predicted octanol–water partition coefficient (Wildman–Crippen LogP) is 5.02. The largest absolute Gasteiger partial charge is 0.481 e. The van der Waals surface area contributed by atoms with Crippen molar-refractivity contribution < 1.29 is 32.2 Å². The van der Waals surface area contributed by atoms with Gasteiger partial charge in [-0.25, -0.2) is 14.8 Å². The summed E-state index contributed by atoms with van der Waals surface area (Å²) >= 11 is 0. The smallest absolute Gasteiger partial charge is 0.422 e. The third-order valence-electron chi connectivity index (χ3n) is 5.21. The Bertz CT molecular complexity index is 1050. The molecule has 0 spiro atoms. The van der Waals surface area contributed by atoms with Crippen LogP contribution in [0.1, 0.15) is 53.8 Å². The fourth-order valence-electron chi connectivity index (χ4n) is 3.51. The van der Waals surface area contributed by atoms with Crippen molar-refractivity contribution in [3.63, 3.8) is 0 Å². The number of halogens is 3. The summed E-state index contributed by atoms with van der Waals surface area (Å²) in [6, 6.07) is 4.97. The van der Waals surface area contributed by atoms with E-state index in [0.717, 1.165) is 18.4 Å². The molecule has 1 fully saturated rings. The number of esters is 1. The number of nitrogens with zero attached hydrogens (tertiary/aromatic N) is 2. The molecule has 1 aromatic heterocycles. The second-order valence-corrected chi connectivity index (χ2v) is 7.75. The molecule has 33 heavy (non-hydrogen) atoms. The Kier molecular flexibility index (Phi) is 6.83.